The average molecular weight is 257 g/mol. The number of hydrogen-bond donors (Lipinski definition) is 1. The van der Waals surface area contributed by atoms with Gasteiger partial charge in [-0.1, -0.05) is 18.2 Å². The van der Waals surface area contributed by atoms with E-state index in [0.29, 0.717) is 6.54 Å². The van der Waals surface area contributed by atoms with Crippen molar-refractivity contribution in [3.8, 4) is 0 Å². The minimum atomic E-state index is -1.19. The van der Waals surface area contributed by atoms with Gasteiger partial charge < -0.3 is 9.67 Å². The van der Waals surface area contributed by atoms with Crippen LogP contribution in [0.1, 0.15) is 27.0 Å². The van der Waals surface area contributed by atoms with E-state index in [1.807, 2.05) is 32.0 Å². The van der Waals surface area contributed by atoms with Crippen LogP contribution in [0.15, 0.2) is 41.3 Å². The standard InChI is InChI=1S/C15H15NO3/c1-10-5-6-12(8-11(10)2)9-16-7-3-4-13(14(16)17)15(18)19/h3-8H,9H2,1-2H3,(H,18,19). The maximum atomic E-state index is 11.9. The van der Waals surface area contributed by atoms with Crippen LogP contribution in [-0.2, 0) is 6.54 Å². The second kappa shape index (κ2) is 5.10. The highest BCUT2D eigenvalue weighted by molar-refractivity contribution is 5.86. The summed E-state index contributed by atoms with van der Waals surface area (Å²) in [6.07, 6.45) is 1.60. The van der Waals surface area contributed by atoms with Gasteiger partial charge in [0.25, 0.3) is 5.56 Å². The summed E-state index contributed by atoms with van der Waals surface area (Å²) in [6.45, 7) is 4.41. The number of aromatic nitrogens is 1. The van der Waals surface area contributed by atoms with Gasteiger partial charge in [0, 0.05) is 6.20 Å². The number of carbonyl (C=O) groups is 1. The molecule has 1 heterocycles. The number of hydrogen-bond acceptors (Lipinski definition) is 2. The van der Waals surface area contributed by atoms with Crippen LogP contribution in [0.25, 0.3) is 0 Å². The van der Waals surface area contributed by atoms with Crippen LogP contribution >= 0.6 is 0 Å². The van der Waals surface area contributed by atoms with Crippen molar-refractivity contribution < 1.29 is 9.90 Å². The van der Waals surface area contributed by atoms with Crippen LogP contribution in [-0.4, -0.2) is 15.6 Å². The molecule has 1 aromatic heterocycles. The van der Waals surface area contributed by atoms with Gasteiger partial charge in [0.15, 0.2) is 0 Å². The molecular formula is C15H15NO3. The van der Waals surface area contributed by atoms with Crippen molar-refractivity contribution in [2.24, 2.45) is 0 Å². The molecule has 1 N–H and O–H groups in total. The summed E-state index contributed by atoms with van der Waals surface area (Å²) in [4.78, 5) is 22.9. The Labute approximate surface area is 110 Å². The molecule has 98 valence electrons. The zero-order valence-corrected chi connectivity index (χ0v) is 10.9. The number of aromatic carboxylic acids is 1. The lowest BCUT2D eigenvalue weighted by atomic mass is 10.1. The van der Waals surface area contributed by atoms with Gasteiger partial charge in [-0.25, -0.2) is 4.79 Å². The highest BCUT2D eigenvalue weighted by atomic mass is 16.4. The minimum Gasteiger partial charge on any atom is -0.477 e. The maximum Gasteiger partial charge on any atom is 0.341 e. The summed E-state index contributed by atoms with van der Waals surface area (Å²) in [6, 6.07) is 8.85. The van der Waals surface area contributed by atoms with E-state index in [0.717, 1.165) is 11.1 Å². The third kappa shape index (κ3) is 2.73. The summed E-state index contributed by atoms with van der Waals surface area (Å²) in [5.41, 5.74) is 2.64. The van der Waals surface area contributed by atoms with E-state index >= 15 is 0 Å². The molecule has 0 unspecified atom stereocenters. The van der Waals surface area contributed by atoms with E-state index in [9.17, 15) is 9.59 Å². The van der Waals surface area contributed by atoms with Gasteiger partial charge in [0.1, 0.15) is 5.56 Å². The lowest BCUT2D eigenvalue weighted by Gasteiger charge is -2.08. The van der Waals surface area contributed by atoms with Crippen LogP contribution in [0.3, 0.4) is 0 Å². The molecule has 0 aliphatic rings. The fraction of sp³-hybridized carbons (Fsp3) is 0.200. The summed E-state index contributed by atoms with van der Waals surface area (Å²) in [7, 11) is 0. The number of aryl methyl sites for hydroxylation is 2. The molecule has 0 spiro atoms. The van der Waals surface area contributed by atoms with E-state index in [1.165, 1.54) is 16.2 Å². The monoisotopic (exact) mass is 257 g/mol. The fourth-order valence-electron chi connectivity index (χ4n) is 1.92. The predicted octanol–water partition coefficient (Wildman–Crippen LogP) is 2.21. The Morgan fingerprint density at radius 1 is 1.21 bits per heavy atom. The Morgan fingerprint density at radius 3 is 2.58 bits per heavy atom. The Bertz CT molecular complexity index is 686. The van der Waals surface area contributed by atoms with E-state index in [4.69, 9.17) is 5.11 Å². The summed E-state index contributed by atoms with van der Waals surface area (Å²) in [5, 5.41) is 8.92. The van der Waals surface area contributed by atoms with Crippen LogP contribution < -0.4 is 5.56 Å². The van der Waals surface area contributed by atoms with Crippen molar-refractivity contribution in [3.05, 3.63) is 69.1 Å². The topological polar surface area (TPSA) is 59.3 Å². The molecule has 0 aliphatic carbocycles. The van der Waals surface area contributed by atoms with E-state index < -0.39 is 11.5 Å². The second-order valence-corrected chi connectivity index (χ2v) is 4.58. The first kappa shape index (κ1) is 13.1. The van der Waals surface area contributed by atoms with Crippen molar-refractivity contribution in [2.75, 3.05) is 0 Å². The minimum absolute atomic E-state index is 0.202. The number of rotatable bonds is 3. The van der Waals surface area contributed by atoms with Crippen molar-refractivity contribution >= 4 is 5.97 Å². The van der Waals surface area contributed by atoms with Crippen LogP contribution in [0, 0.1) is 13.8 Å². The van der Waals surface area contributed by atoms with Crippen molar-refractivity contribution in [1.82, 2.24) is 4.57 Å². The van der Waals surface area contributed by atoms with Gasteiger partial charge in [0.05, 0.1) is 6.54 Å². The van der Waals surface area contributed by atoms with Gasteiger partial charge in [-0.2, -0.15) is 0 Å². The largest absolute Gasteiger partial charge is 0.477 e. The molecule has 0 radical (unpaired) electrons. The number of carboxylic acid groups (broad SMARTS) is 1. The highest BCUT2D eigenvalue weighted by Gasteiger charge is 2.10. The molecule has 4 nitrogen and oxygen atoms in total. The molecule has 0 saturated carbocycles. The second-order valence-electron chi connectivity index (χ2n) is 4.58. The van der Waals surface area contributed by atoms with Crippen LogP contribution in [0.2, 0.25) is 0 Å². The zero-order chi connectivity index (χ0) is 14.0. The lowest BCUT2D eigenvalue weighted by Crippen LogP contribution is -2.26. The Hall–Kier alpha value is -2.36. The van der Waals surface area contributed by atoms with Crippen molar-refractivity contribution in [1.29, 1.82) is 0 Å². The predicted molar refractivity (Wildman–Crippen MR) is 72.7 cm³/mol. The molecule has 0 saturated heterocycles. The number of benzene rings is 1. The highest BCUT2D eigenvalue weighted by Crippen LogP contribution is 2.10. The molecule has 0 amide bonds. The van der Waals surface area contributed by atoms with Gasteiger partial charge in [-0.3, -0.25) is 4.79 Å². The number of carboxylic acids is 1. The van der Waals surface area contributed by atoms with Crippen molar-refractivity contribution in [3.63, 3.8) is 0 Å². The van der Waals surface area contributed by atoms with Crippen molar-refractivity contribution in [2.45, 2.75) is 20.4 Å². The van der Waals surface area contributed by atoms with E-state index in [2.05, 4.69) is 0 Å². The Morgan fingerprint density at radius 2 is 1.95 bits per heavy atom. The van der Waals surface area contributed by atoms with E-state index in [-0.39, 0.29) is 5.56 Å². The molecule has 1 aromatic carbocycles. The fourth-order valence-corrected chi connectivity index (χ4v) is 1.92. The number of nitrogens with zero attached hydrogens (tertiary/aromatic N) is 1. The number of pyridine rings is 1. The SMILES string of the molecule is Cc1ccc(Cn2cccc(C(=O)O)c2=O)cc1C. The summed E-state index contributed by atoms with van der Waals surface area (Å²) in [5.74, 6) is -1.19. The summed E-state index contributed by atoms with van der Waals surface area (Å²) >= 11 is 0. The molecule has 0 atom stereocenters. The molecule has 0 bridgehead atoms. The quantitative estimate of drug-likeness (QED) is 0.917. The third-order valence-electron chi connectivity index (χ3n) is 3.17. The normalized spacial score (nSPS) is 10.4. The van der Waals surface area contributed by atoms with Gasteiger partial charge in [0.2, 0.25) is 0 Å². The van der Waals surface area contributed by atoms with Gasteiger partial charge in [-0.05, 0) is 42.7 Å². The molecule has 2 aromatic rings. The van der Waals surface area contributed by atoms with Crippen LogP contribution in [0.4, 0.5) is 0 Å². The first-order valence-corrected chi connectivity index (χ1v) is 5.98. The first-order chi connectivity index (χ1) is 8.99. The summed E-state index contributed by atoms with van der Waals surface area (Å²) < 4.78 is 1.41. The molecule has 4 heteroatoms. The first-order valence-electron chi connectivity index (χ1n) is 5.98. The Kier molecular flexibility index (Phi) is 3.51. The Balaban J connectivity index is 2.38. The lowest BCUT2D eigenvalue weighted by molar-refractivity contribution is 0.0694. The zero-order valence-electron chi connectivity index (χ0n) is 10.9. The van der Waals surface area contributed by atoms with Gasteiger partial charge >= 0.3 is 5.97 Å². The molecular weight excluding hydrogens is 242 g/mol. The average Bonchev–Trinajstić information content (AvgIpc) is 2.36. The maximum absolute atomic E-state index is 11.9. The third-order valence-corrected chi connectivity index (χ3v) is 3.17. The van der Waals surface area contributed by atoms with E-state index in [1.54, 1.807) is 12.3 Å². The molecule has 19 heavy (non-hydrogen) atoms. The molecule has 2 rings (SSSR count). The molecule has 0 aliphatic heterocycles. The van der Waals surface area contributed by atoms with Crippen LogP contribution in [0.5, 0.6) is 0 Å². The van der Waals surface area contributed by atoms with Gasteiger partial charge in [-0.15, -0.1) is 0 Å². The smallest absolute Gasteiger partial charge is 0.341 e. The molecule has 0 fully saturated rings.